The van der Waals surface area contributed by atoms with Crippen molar-refractivity contribution in [2.45, 2.75) is 13.3 Å². The fourth-order valence-electron chi connectivity index (χ4n) is 0.530. The number of rotatable bonds is 4. The summed E-state index contributed by atoms with van der Waals surface area (Å²) in [5.41, 5.74) is 0.626. The van der Waals surface area contributed by atoms with Crippen LogP contribution in [0.3, 0.4) is 0 Å². The third-order valence-electron chi connectivity index (χ3n) is 1.05. The lowest BCUT2D eigenvalue weighted by atomic mass is 10.2. The second-order valence-electron chi connectivity index (χ2n) is 1.86. The van der Waals surface area contributed by atoms with E-state index >= 15 is 0 Å². The van der Waals surface area contributed by atoms with Crippen LogP contribution in [0.4, 0.5) is 0 Å². The molecule has 2 heteroatoms. The highest BCUT2D eigenvalue weighted by atomic mass is 16.3. The molecule has 0 aliphatic carbocycles. The summed E-state index contributed by atoms with van der Waals surface area (Å²) in [6.45, 7) is 1.90. The highest BCUT2D eigenvalue weighted by Crippen LogP contribution is 1.95. The maximum Gasteiger partial charge on any atom is 0.146 e. The van der Waals surface area contributed by atoms with Gasteiger partial charge in [-0.05, 0) is 18.9 Å². The van der Waals surface area contributed by atoms with E-state index in [9.17, 15) is 4.79 Å². The third-order valence-corrected chi connectivity index (χ3v) is 1.05. The molecular weight excluding hydrogens is 128 g/mol. The molecule has 2 nitrogen and oxygen atoms in total. The van der Waals surface area contributed by atoms with E-state index in [1.807, 2.05) is 13.0 Å². The minimum absolute atomic E-state index is 0.0299. The molecule has 0 saturated carbocycles. The summed E-state index contributed by atoms with van der Waals surface area (Å²) < 4.78 is 0. The number of hydrogen-bond donors (Lipinski definition) is 1. The van der Waals surface area contributed by atoms with E-state index in [-0.39, 0.29) is 6.61 Å². The molecule has 0 spiro atoms. The first-order chi connectivity index (χ1) is 4.85. The van der Waals surface area contributed by atoms with Crippen LogP contribution in [0.2, 0.25) is 0 Å². The zero-order chi connectivity index (χ0) is 7.82. The molecule has 0 aromatic rings. The molecule has 0 rings (SSSR count). The van der Waals surface area contributed by atoms with Gasteiger partial charge in [0.15, 0.2) is 0 Å². The molecule has 0 amide bonds. The topological polar surface area (TPSA) is 37.3 Å². The van der Waals surface area contributed by atoms with Gasteiger partial charge >= 0.3 is 0 Å². The smallest absolute Gasteiger partial charge is 0.146 e. The van der Waals surface area contributed by atoms with Gasteiger partial charge < -0.3 is 5.11 Å². The van der Waals surface area contributed by atoms with Crippen LogP contribution < -0.4 is 0 Å². The van der Waals surface area contributed by atoms with E-state index < -0.39 is 0 Å². The quantitative estimate of drug-likeness (QED) is 0.360. The lowest BCUT2D eigenvalue weighted by molar-refractivity contribution is -0.105. The molecule has 10 heavy (non-hydrogen) atoms. The summed E-state index contributed by atoms with van der Waals surface area (Å²) in [6.07, 6.45) is 6.51. The van der Waals surface area contributed by atoms with Crippen molar-refractivity contribution in [3.8, 4) is 0 Å². The molecule has 56 valence electrons. The largest absolute Gasteiger partial charge is 0.396 e. The average molecular weight is 140 g/mol. The van der Waals surface area contributed by atoms with E-state index in [1.165, 1.54) is 0 Å². The van der Waals surface area contributed by atoms with E-state index in [1.54, 1.807) is 12.2 Å². The average Bonchev–Trinajstić information content (AvgIpc) is 1.98. The van der Waals surface area contributed by atoms with Crippen LogP contribution in [0.15, 0.2) is 23.8 Å². The van der Waals surface area contributed by atoms with Crippen LogP contribution in [0, 0.1) is 0 Å². The SMILES string of the molecule is C/C=C/C=C(/C=O)CCO. The van der Waals surface area contributed by atoms with Crippen molar-refractivity contribution in [2.24, 2.45) is 0 Å². The zero-order valence-corrected chi connectivity index (χ0v) is 6.08. The Kier molecular flexibility index (Phi) is 5.68. The molecular formula is C8H12O2. The van der Waals surface area contributed by atoms with Crippen molar-refractivity contribution in [1.29, 1.82) is 0 Å². The Hall–Kier alpha value is -0.890. The van der Waals surface area contributed by atoms with Crippen LogP contribution in [0.1, 0.15) is 13.3 Å². The van der Waals surface area contributed by atoms with Gasteiger partial charge in [0.25, 0.3) is 0 Å². The molecule has 0 bridgehead atoms. The molecule has 0 saturated heterocycles. The predicted molar refractivity (Wildman–Crippen MR) is 40.7 cm³/mol. The summed E-state index contributed by atoms with van der Waals surface area (Å²) in [5, 5.41) is 8.44. The van der Waals surface area contributed by atoms with E-state index in [0.29, 0.717) is 12.0 Å². The first-order valence-corrected chi connectivity index (χ1v) is 3.23. The van der Waals surface area contributed by atoms with E-state index in [4.69, 9.17) is 5.11 Å². The molecule has 0 aliphatic heterocycles. The highest BCUT2D eigenvalue weighted by Gasteiger charge is 1.89. The fraction of sp³-hybridized carbons (Fsp3) is 0.375. The first-order valence-electron chi connectivity index (χ1n) is 3.23. The lowest BCUT2D eigenvalue weighted by Crippen LogP contribution is -1.88. The van der Waals surface area contributed by atoms with Crippen molar-refractivity contribution < 1.29 is 9.90 Å². The number of aliphatic hydroxyl groups excluding tert-OH is 1. The molecule has 0 atom stereocenters. The Labute approximate surface area is 60.9 Å². The second-order valence-corrected chi connectivity index (χ2v) is 1.86. The molecule has 0 radical (unpaired) electrons. The lowest BCUT2D eigenvalue weighted by Gasteiger charge is -1.90. The number of carbonyl (C=O) groups is 1. The standard InChI is InChI=1S/C8H12O2/c1-2-3-4-8(7-10)5-6-9/h2-4,7,9H,5-6H2,1H3/b3-2+,8-4+. The number of carbonyl (C=O) groups excluding carboxylic acids is 1. The summed E-state index contributed by atoms with van der Waals surface area (Å²) >= 11 is 0. The Morgan fingerprint density at radius 2 is 2.30 bits per heavy atom. The monoisotopic (exact) mass is 140 g/mol. The Balaban J connectivity index is 3.90. The van der Waals surface area contributed by atoms with Gasteiger partial charge in [-0.25, -0.2) is 0 Å². The van der Waals surface area contributed by atoms with Crippen LogP contribution in [0.5, 0.6) is 0 Å². The minimum Gasteiger partial charge on any atom is -0.396 e. The fourth-order valence-corrected chi connectivity index (χ4v) is 0.530. The number of aliphatic hydroxyl groups is 1. The summed E-state index contributed by atoms with van der Waals surface area (Å²) in [6, 6.07) is 0. The second kappa shape index (κ2) is 6.23. The summed E-state index contributed by atoms with van der Waals surface area (Å²) in [4.78, 5) is 10.2. The van der Waals surface area contributed by atoms with Crippen LogP contribution in [-0.4, -0.2) is 18.0 Å². The first kappa shape index (κ1) is 9.11. The normalized spacial score (nSPS) is 12.4. The van der Waals surface area contributed by atoms with Crippen molar-refractivity contribution in [1.82, 2.24) is 0 Å². The van der Waals surface area contributed by atoms with Crippen molar-refractivity contribution in [3.63, 3.8) is 0 Å². The van der Waals surface area contributed by atoms with Crippen LogP contribution >= 0.6 is 0 Å². The Morgan fingerprint density at radius 3 is 2.70 bits per heavy atom. The predicted octanol–water partition coefficient (Wildman–Crippen LogP) is 1.07. The minimum atomic E-state index is 0.0299. The molecule has 0 unspecified atom stereocenters. The third kappa shape index (κ3) is 4.04. The van der Waals surface area contributed by atoms with Crippen molar-refractivity contribution >= 4 is 6.29 Å². The highest BCUT2D eigenvalue weighted by molar-refractivity contribution is 5.73. The van der Waals surface area contributed by atoms with Gasteiger partial charge in [-0.3, -0.25) is 4.79 Å². The van der Waals surface area contributed by atoms with Crippen LogP contribution in [-0.2, 0) is 4.79 Å². The maximum atomic E-state index is 10.2. The van der Waals surface area contributed by atoms with E-state index in [0.717, 1.165) is 6.29 Å². The van der Waals surface area contributed by atoms with E-state index in [2.05, 4.69) is 0 Å². The van der Waals surface area contributed by atoms with Crippen molar-refractivity contribution in [2.75, 3.05) is 6.61 Å². The number of hydrogen-bond acceptors (Lipinski definition) is 2. The summed E-state index contributed by atoms with van der Waals surface area (Å²) in [7, 11) is 0. The molecule has 0 aromatic heterocycles. The molecule has 0 heterocycles. The molecule has 0 aromatic carbocycles. The number of allylic oxidation sites excluding steroid dienone is 3. The van der Waals surface area contributed by atoms with Crippen molar-refractivity contribution in [3.05, 3.63) is 23.8 Å². The van der Waals surface area contributed by atoms with Gasteiger partial charge in [0.2, 0.25) is 0 Å². The van der Waals surface area contributed by atoms with Gasteiger partial charge in [-0.2, -0.15) is 0 Å². The molecule has 0 fully saturated rings. The van der Waals surface area contributed by atoms with Gasteiger partial charge in [0.05, 0.1) is 0 Å². The Bertz CT molecular complexity index is 145. The van der Waals surface area contributed by atoms with Gasteiger partial charge in [0.1, 0.15) is 6.29 Å². The van der Waals surface area contributed by atoms with Gasteiger partial charge in [-0.15, -0.1) is 0 Å². The summed E-state index contributed by atoms with van der Waals surface area (Å²) in [5.74, 6) is 0. The molecule has 0 aliphatic rings. The van der Waals surface area contributed by atoms with Gasteiger partial charge in [0, 0.05) is 6.61 Å². The maximum absolute atomic E-state index is 10.2. The number of aldehydes is 1. The zero-order valence-electron chi connectivity index (χ0n) is 6.08. The Morgan fingerprint density at radius 1 is 1.60 bits per heavy atom. The molecule has 1 N–H and O–H groups in total. The van der Waals surface area contributed by atoms with Gasteiger partial charge in [-0.1, -0.05) is 18.2 Å². The van der Waals surface area contributed by atoms with Crippen LogP contribution in [0.25, 0.3) is 0 Å².